The van der Waals surface area contributed by atoms with Gasteiger partial charge in [-0.2, -0.15) is 0 Å². The fraction of sp³-hybridized carbons (Fsp3) is 0.750. The number of nitrogens with zero attached hydrogens (tertiary/aromatic N) is 1. The Balaban J connectivity index is 0. The Bertz CT molecular complexity index is 560. The van der Waals surface area contributed by atoms with E-state index >= 15 is 0 Å². The van der Waals surface area contributed by atoms with E-state index in [0.717, 1.165) is 12.3 Å². The van der Waals surface area contributed by atoms with Crippen molar-refractivity contribution in [3.8, 4) is 0 Å². The number of pyridine rings is 1. The van der Waals surface area contributed by atoms with Crippen molar-refractivity contribution in [1.29, 1.82) is 0 Å². The van der Waals surface area contributed by atoms with E-state index in [1.807, 2.05) is 0 Å². The van der Waals surface area contributed by atoms with Gasteiger partial charge < -0.3 is 0 Å². The molecular weight excluding hydrogens is 516 g/mol. The summed E-state index contributed by atoms with van der Waals surface area (Å²) in [6, 6.07) is 6.72. The van der Waals surface area contributed by atoms with E-state index in [2.05, 4.69) is 136 Å². The Kier molecular flexibility index (Phi) is 14.8. The van der Waals surface area contributed by atoms with Crippen LogP contribution < -0.4 is 0 Å². The maximum atomic E-state index is 7.50. The van der Waals surface area contributed by atoms with Crippen molar-refractivity contribution < 1.29 is 18.9 Å². The first-order chi connectivity index (χ1) is 13.4. The Morgan fingerprint density at radius 1 is 0.700 bits per heavy atom. The SMILES string of the molecule is CC(C)(C)P(Cc1cccc(CP(C(C)(C)C)C(C)(C)C)n1)C(C)(C)C.[C-]#[O+].[FeH][Br]. The van der Waals surface area contributed by atoms with Gasteiger partial charge in [0.05, 0.1) is 0 Å². The predicted octanol–water partition coefficient (Wildman–Crippen LogP) is 8.78. The quantitative estimate of drug-likeness (QED) is 0.157. The summed E-state index contributed by atoms with van der Waals surface area (Å²) in [5.41, 5.74) is 2.58. The van der Waals surface area contributed by atoms with Crippen molar-refractivity contribution in [2.45, 2.75) is 116 Å². The molecule has 0 unspecified atom stereocenters. The van der Waals surface area contributed by atoms with Gasteiger partial charge in [-0.05, 0) is 32.8 Å². The standard InChI is InChI=1S/C23H43NP2.CO.BrH.Fe.H/c1-20(2,3)25(21(4,5)6)16-18-14-13-15-19(24-18)17-26(22(7,8)9)23(10,11)12;1-2;;;/h13-15H,16-17H2,1-12H3;;1H;;/q;;;+1;/p-1. The van der Waals surface area contributed by atoms with Gasteiger partial charge >= 0.3 is 39.6 Å². The molecule has 0 radical (unpaired) electrons. The van der Waals surface area contributed by atoms with E-state index in [4.69, 9.17) is 9.64 Å². The Labute approximate surface area is 205 Å². The van der Waals surface area contributed by atoms with Crippen molar-refractivity contribution in [1.82, 2.24) is 4.98 Å². The molecule has 6 heteroatoms. The van der Waals surface area contributed by atoms with E-state index in [0.29, 0.717) is 20.6 Å². The summed E-state index contributed by atoms with van der Waals surface area (Å²) in [7, 11) is -0.308. The van der Waals surface area contributed by atoms with Gasteiger partial charge in [0.15, 0.2) is 0 Å². The van der Waals surface area contributed by atoms with E-state index in [-0.39, 0.29) is 15.8 Å². The molecule has 0 fully saturated rings. The van der Waals surface area contributed by atoms with Gasteiger partial charge in [-0.15, -0.1) is 0 Å². The van der Waals surface area contributed by atoms with Crippen molar-refractivity contribution in [2.75, 3.05) is 0 Å². The molecule has 0 aliphatic carbocycles. The fourth-order valence-electron chi connectivity index (χ4n) is 3.99. The number of halogens is 1. The molecule has 1 aromatic heterocycles. The van der Waals surface area contributed by atoms with Crippen LogP contribution in [-0.4, -0.2) is 25.6 Å². The Morgan fingerprint density at radius 3 is 1.13 bits per heavy atom. The predicted molar refractivity (Wildman–Crippen MR) is 139 cm³/mol. The fourth-order valence-corrected chi connectivity index (χ4v) is 10.9. The third-order valence-corrected chi connectivity index (χ3v) is 12.5. The molecule has 0 atom stereocenters. The first-order valence-electron chi connectivity index (χ1n) is 10.3. The summed E-state index contributed by atoms with van der Waals surface area (Å²) < 4.78 is 7.50. The van der Waals surface area contributed by atoms with E-state index < -0.39 is 0 Å². The normalized spacial score (nSPS) is 12.8. The average molecular weight is 560 g/mol. The van der Waals surface area contributed by atoms with Crippen LogP contribution in [0.15, 0.2) is 18.2 Å². The van der Waals surface area contributed by atoms with E-state index in [1.165, 1.54) is 11.4 Å². The molecule has 0 aliphatic rings. The maximum absolute atomic E-state index is 7.50. The topological polar surface area (TPSA) is 32.8 Å². The molecule has 0 amide bonds. The van der Waals surface area contributed by atoms with Crippen molar-refractivity contribution in [2.24, 2.45) is 0 Å². The zero-order chi connectivity index (χ0) is 24.6. The number of hydrogen-bond donors (Lipinski definition) is 0. The third-order valence-electron chi connectivity index (χ3n) is 4.74. The van der Waals surface area contributed by atoms with Gasteiger partial charge in [0.25, 0.3) is 0 Å². The van der Waals surface area contributed by atoms with Crippen LogP contribution in [0.1, 0.15) is 94.5 Å². The number of aromatic nitrogens is 1. The van der Waals surface area contributed by atoms with Crippen LogP contribution >= 0.6 is 30.0 Å². The Hall–Kier alpha value is 0.749. The van der Waals surface area contributed by atoms with Crippen LogP contribution in [0.4, 0.5) is 0 Å². The molecule has 1 aromatic rings. The summed E-state index contributed by atoms with van der Waals surface area (Å²) in [5, 5.41) is 1.37. The zero-order valence-corrected chi connectivity index (χ0v) is 25.7. The van der Waals surface area contributed by atoms with E-state index in [9.17, 15) is 0 Å². The first kappa shape index (κ1) is 32.9. The van der Waals surface area contributed by atoms with Gasteiger partial charge in [-0.1, -0.05) is 105 Å². The van der Waals surface area contributed by atoms with Crippen LogP contribution in [0.5, 0.6) is 0 Å². The summed E-state index contributed by atoms with van der Waals surface area (Å²) >= 11 is 5.50. The molecule has 0 saturated carbocycles. The molecular formula is C24H44BrFeNOP2. The molecule has 0 saturated heterocycles. The van der Waals surface area contributed by atoms with Crippen molar-refractivity contribution >= 4 is 30.0 Å². The van der Waals surface area contributed by atoms with Crippen LogP contribution in [0.3, 0.4) is 0 Å². The molecule has 1 rings (SSSR count). The molecule has 176 valence electrons. The molecule has 0 aromatic carbocycles. The molecule has 0 spiro atoms. The van der Waals surface area contributed by atoms with Gasteiger partial charge in [-0.3, -0.25) is 4.98 Å². The van der Waals surface area contributed by atoms with Crippen LogP contribution in [0, 0.1) is 6.65 Å². The minimum absolute atomic E-state index is 0.154. The molecule has 0 aliphatic heterocycles. The van der Waals surface area contributed by atoms with Crippen molar-refractivity contribution in [3.05, 3.63) is 36.2 Å². The van der Waals surface area contributed by atoms with Crippen LogP contribution in [0.2, 0.25) is 0 Å². The summed E-state index contributed by atoms with van der Waals surface area (Å²) in [5.74, 6) is 0. The number of rotatable bonds is 4. The van der Waals surface area contributed by atoms with Gasteiger partial charge in [0.2, 0.25) is 0 Å². The second-order valence-corrected chi connectivity index (χ2v) is 19.2. The Morgan fingerprint density at radius 2 is 0.933 bits per heavy atom. The second kappa shape index (κ2) is 13.5. The van der Waals surface area contributed by atoms with E-state index in [1.54, 1.807) is 0 Å². The molecule has 1 heterocycles. The zero-order valence-electron chi connectivity index (χ0n) is 21.2. The summed E-state index contributed by atoms with van der Waals surface area (Å²) in [6.07, 6.45) is 2.25. The monoisotopic (exact) mass is 559 g/mol. The minimum atomic E-state index is -0.154. The van der Waals surface area contributed by atoms with Crippen LogP contribution in [0.25, 0.3) is 0 Å². The first-order valence-corrected chi connectivity index (χ1v) is 16.2. The molecule has 2 nitrogen and oxygen atoms in total. The number of hydrogen-bond acceptors (Lipinski definition) is 1. The molecule has 0 bridgehead atoms. The second-order valence-electron chi connectivity index (χ2n) is 11.5. The van der Waals surface area contributed by atoms with Crippen LogP contribution in [-0.2, 0) is 31.2 Å². The van der Waals surface area contributed by atoms with Gasteiger partial charge in [-0.25, -0.2) is 0 Å². The van der Waals surface area contributed by atoms with Crippen molar-refractivity contribution in [3.63, 3.8) is 0 Å². The molecule has 0 N–H and O–H groups in total. The summed E-state index contributed by atoms with van der Waals surface area (Å²) in [4.78, 5) is 5.14. The summed E-state index contributed by atoms with van der Waals surface area (Å²) in [6.45, 7) is 33.2. The molecule has 30 heavy (non-hydrogen) atoms. The van der Waals surface area contributed by atoms with Gasteiger partial charge in [0, 0.05) is 23.7 Å². The average Bonchev–Trinajstić information content (AvgIpc) is 2.58. The third kappa shape index (κ3) is 12.1. The van der Waals surface area contributed by atoms with Gasteiger partial charge in [0.1, 0.15) is 0 Å².